The van der Waals surface area contributed by atoms with Crippen molar-refractivity contribution < 1.29 is 9.72 Å². The first-order valence-electron chi connectivity index (χ1n) is 9.36. The highest BCUT2D eigenvalue weighted by Gasteiger charge is 2.27. The Morgan fingerprint density at radius 2 is 1.72 bits per heavy atom. The second-order valence-electron chi connectivity index (χ2n) is 6.84. The summed E-state index contributed by atoms with van der Waals surface area (Å²) < 4.78 is 0. The highest BCUT2D eigenvalue weighted by atomic mass is 32.1. The lowest BCUT2D eigenvalue weighted by atomic mass is 10.1. The molecular formula is C21H20N4O3S. The predicted molar refractivity (Wildman–Crippen MR) is 112 cm³/mol. The van der Waals surface area contributed by atoms with E-state index in [1.807, 2.05) is 30.3 Å². The molecule has 0 unspecified atom stereocenters. The summed E-state index contributed by atoms with van der Waals surface area (Å²) in [6.45, 7) is 3.26. The Balaban J connectivity index is 1.36. The number of nitrogens with zero attached hydrogens (tertiary/aromatic N) is 4. The largest absolute Gasteiger partial charge is 0.336 e. The summed E-state index contributed by atoms with van der Waals surface area (Å²) in [7, 11) is 0. The maximum atomic E-state index is 12.7. The van der Waals surface area contributed by atoms with Gasteiger partial charge in [-0.1, -0.05) is 42.5 Å². The first-order chi connectivity index (χ1) is 14.1. The highest BCUT2D eigenvalue weighted by molar-refractivity contribution is 7.09. The van der Waals surface area contributed by atoms with E-state index in [9.17, 15) is 14.9 Å². The lowest BCUT2D eigenvalue weighted by molar-refractivity contribution is -0.385. The number of nitro groups is 1. The summed E-state index contributed by atoms with van der Waals surface area (Å²) in [4.78, 5) is 32.1. The van der Waals surface area contributed by atoms with Crippen LogP contribution >= 0.6 is 11.3 Å². The molecule has 0 bridgehead atoms. The molecule has 8 heteroatoms. The summed E-state index contributed by atoms with van der Waals surface area (Å²) in [5.74, 6) is -0.280. The number of para-hydroxylation sites is 1. The fourth-order valence-electron chi connectivity index (χ4n) is 3.41. The number of piperazine rings is 1. The number of hydrogen-bond acceptors (Lipinski definition) is 6. The number of amides is 1. The molecule has 1 aromatic heterocycles. The van der Waals surface area contributed by atoms with E-state index in [-0.39, 0.29) is 17.2 Å². The normalized spacial score (nSPS) is 14.7. The van der Waals surface area contributed by atoms with Crippen LogP contribution < -0.4 is 0 Å². The molecule has 1 aliphatic heterocycles. The zero-order chi connectivity index (χ0) is 20.2. The Hall–Kier alpha value is -3.10. The van der Waals surface area contributed by atoms with Gasteiger partial charge in [0.05, 0.1) is 17.2 Å². The van der Waals surface area contributed by atoms with Crippen LogP contribution in [0.25, 0.3) is 11.3 Å². The number of hydrogen-bond donors (Lipinski definition) is 0. The molecule has 2 heterocycles. The molecule has 1 amide bonds. The van der Waals surface area contributed by atoms with Crippen LogP contribution in [0.1, 0.15) is 15.4 Å². The minimum Gasteiger partial charge on any atom is -0.336 e. The zero-order valence-corrected chi connectivity index (χ0v) is 16.5. The topological polar surface area (TPSA) is 79.6 Å². The summed E-state index contributed by atoms with van der Waals surface area (Å²) >= 11 is 1.64. The molecule has 0 spiro atoms. The predicted octanol–water partition coefficient (Wildman–Crippen LogP) is 3.68. The minimum absolute atomic E-state index is 0.142. The number of rotatable bonds is 5. The minimum atomic E-state index is -0.504. The van der Waals surface area contributed by atoms with E-state index in [4.69, 9.17) is 4.98 Å². The van der Waals surface area contributed by atoms with Crippen LogP contribution in [0.2, 0.25) is 0 Å². The van der Waals surface area contributed by atoms with E-state index in [0.717, 1.165) is 22.8 Å². The quantitative estimate of drug-likeness (QED) is 0.475. The van der Waals surface area contributed by atoms with Gasteiger partial charge >= 0.3 is 0 Å². The summed E-state index contributed by atoms with van der Waals surface area (Å²) in [5, 5.41) is 14.3. The van der Waals surface area contributed by atoms with Gasteiger partial charge in [-0.05, 0) is 6.07 Å². The second-order valence-corrected chi connectivity index (χ2v) is 7.78. The van der Waals surface area contributed by atoms with Gasteiger partial charge < -0.3 is 4.90 Å². The first-order valence-corrected chi connectivity index (χ1v) is 10.2. The van der Waals surface area contributed by atoms with Crippen molar-refractivity contribution >= 4 is 22.9 Å². The summed E-state index contributed by atoms with van der Waals surface area (Å²) in [6, 6.07) is 16.2. The van der Waals surface area contributed by atoms with Crippen LogP contribution in [0.3, 0.4) is 0 Å². The molecule has 0 atom stereocenters. The Labute approximate surface area is 172 Å². The van der Waals surface area contributed by atoms with E-state index in [2.05, 4.69) is 10.3 Å². The fourth-order valence-corrected chi connectivity index (χ4v) is 4.25. The van der Waals surface area contributed by atoms with Gasteiger partial charge in [0.2, 0.25) is 0 Å². The third kappa shape index (κ3) is 4.33. The van der Waals surface area contributed by atoms with Crippen molar-refractivity contribution in [3.8, 4) is 11.3 Å². The van der Waals surface area contributed by atoms with E-state index in [1.165, 1.54) is 12.1 Å². The molecule has 0 N–H and O–H groups in total. The van der Waals surface area contributed by atoms with Crippen molar-refractivity contribution in [1.29, 1.82) is 0 Å². The van der Waals surface area contributed by atoms with Gasteiger partial charge in [-0.25, -0.2) is 4.98 Å². The van der Waals surface area contributed by atoms with Crippen molar-refractivity contribution in [1.82, 2.24) is 14.8 Å². The molecule has 29 heavy (non-hydrogen) atoms. The monoisotopic (exact) mass is 408 g/mol. The lowest BCUT2D eigenvalue weighted by Crippen LogP contribution is -2.48. The van der Waals surface area contributed by atoms with Crippen molar-refractivity contribution in [3.63, 3.8) is 0 Å². The van der Waals surface area contributed by atoms with Crippen LogP contribution in [0, 0.1) is 10.1 Å². The fraction of sp³-hybridized carbons (Fsp3) is 0.238. The molecule has 2 aromatic carbocycles. The van der Waals surface area contributed by atoms with E-state index in [1.54, 1.807) is 28.4 Å². The second kappa shape index (κ2) is 8.50. The number of aromatic nitrogens is 1. The van der Waals surface area contributed by atoms with Crippen LogP contribution in [-0.4, -0.2) is 51.8 Å². The smallest absolute Gasteiger partial charge is 0.282 e. The van der Waals surface area contributed by atoms with Gasteiger partial charge in [-0.15, -0.1) is 11.3 Å². The van der Waals surface area contributed by atoms with E-state index in [0.29, 0.717) is 26.2 Å². The molecule has 0 aliphatic carbocycles. The number of thiazole rings is 1. The standard InChI is InChI=1S/C21H20N4O3S/c26-21(17-8-4-5-9-19(17)25(27)28)24-12-10-23(11-13-24)14-20-22-18(15-29-20)16-6-2-1-3-7-16/h1-9,15H,10-14H2. The maximum absolute atomic E-state index is 12.7. The van der Waals surface area contributed by atoms with Gasteiger partial charge in [0.25, 0.3) is 11.6 Å². The van der Waals surface area contributed by atoms with Gasteiger partial charge in [0.1, 0.15) is 10.6 Å². The van der Waals surface area contributed by atoms with Gasteiger partial charge in [-0.2, -0.15) is 0 Å². The molecule has 4 rings (SSSR count). The highest BCUT2D eigenvalue weighted by Crippen LogP contribution is 2.24. The van der Waals surface area contributed by atoms with Crippen molar-refractivity contribution in [2.24, 2.45) is 0 Å². The molecule has 7 nitrogen and oxygen atoms in total. The average molecular weight is 408 g/mol. The maximum Gasteiger partial charge on any atom is 0.282 e. The van der Waals surface area contributed by atoms with Gasteiger partial charge in [0.15, 0.2) is 0 Å². The Bertz CT molecular complexity index is 1010. The molecule has 1 fully saturated rings. The van der Waals surface area contributed by atoms with E-state index < -0.39 is 4.92 Å². The first kappa shape index (κ1) is 19.2. The zero-order valence-electron chi connectivity index (χ0n) is 15.7. The number of nitro benzene ring substituents is 1. The van der Waals surface area contributed by atoms with Crippen LogP contribution in [0.4, 0.5) is 5.69 Å². The molecule has 0 radical (unpaired) electrons. The molecule has 1 saturated heterocycles. The lowest BCUT2D eigenvalue weighted by Gasteiger charge is -2.34. The Morgan fingerprint density at radius 3 is 2.45 bits per heavy atom. The van der Waals surface area contributed by atoms with Crippen molar-refractivity contribution in [2.45, 2.75) is 6.54 Å². The van der Waals surface area contributed by atoms with E-state index >= 15 is 0 Å². The third-order valence-electron chi connectivity index (χ3n) is 4.97. The number of benzene rings is 2. The SMILES string of the molecule is O=C(c1ccccc1[N+](=O)[O-])N1CCN(Cc2nc(-c3ccccc3)cs2)CC1. The van der Waals surface area contributed by atoms with Gasteiger partial charge in [-0.3, -0.25) is 19.8 Å². The van der Waals surface area contributed by atoms with Gasteiger partial charge in [0, 0.05) is 43.2 Å². The molecule has 3 aromatic rings. The molecular weight excluding hydrogens is 388 g/mol. The Kier molecular flexibility index (Phi) is 5.64. The Morgan fingerprint density at radius 1 is 1.03 bits per heavy atom. The summed E-state index contributed by atoms with van der Waals surface area (Å²) in [5.41, 5.74) is 2.10. The van der Waals surface area contributed by atoms with Crippen LogP contribution in [0.5, 0.6) is 0 Å². The number of carbonyl (C=O) groups is 1. The van der Waals surface area contributed by atoms with Crippen molar-refractivity contribution in [2.75, 3.05) is 26.2 Å². The third-order valence-corrected chi connectivity index (χ3v) is 5.80. The molecule has 0 saturated carbocycles. The average Bonchev–Trinajstić information content (AvgIpc) is 3.23. The summed E-state index contributed by atoms with van der Waals surface area (Å²) in [6.07, 6.45) is 0. The van der Waals surface area contributed by atoms with Crippen LogP contribution in [-0.2, 0) is 6.54 Å². The number of carbonyl (C=O) groups excluding carboxylic acids is 1. The molecule has 148 valence electrons. The molecule has 1 aliphatic rings. The van der Waals surface area contributed by atoms with Crippen molar-refractivity contribution in [3.05, 3.63) is 80.7 Å². The van der Waals surface area contributed by atoms with Crippen LogP contribution in [0.15, 0.2) is 60.0 Å².